The predicted molar refractivity (Wildman–Crippen MR) is 88.2 cm³/mol. The molecule has 2 aromatic rings. The normalized spacial score (nSPS) is 14.2. The third-order valence-electron chi connectivity index (χ3n) is 4.04. The van der Waals surface area contributed by atoms with Crippen LogP contribution in [0.5, 0.6) is 5.75 Å². The van der Waals surface area contributed by atoms with E-state index in [2.05, 4.69) is 5.32 Å². The van der Waals surface area contributed by atoms with E-state index in [4.69, 9.17) is 10.5 Å². The maximum absolute atomic E-state index is 14.1. The molecule has 0 atom stereocenters. The van der Waals surface area contributed by atoms with E-state index in [0.29, 0.717) is 16.9 Å². The van der Waals surface area contributed by atoms with E-state index in [-0.39, 0.29) is 17.8 Å². The first-order valence-corrected chi connectivity index (χ1v) is 7.66. The Kier molecular flexibility index (Phi) is 4.19. The average Bonchev–Trinajstić information content (AvgIpc) is 2.47. The summed E-state index contributed by atoms with van der Waals surface area (Å²) in [6, 6.07) is 9.58. The molecule has 4 nitrogen and oxygen atoms in total. The lowest BCUT2D eigenvalue weighted by atomic mass is 9.96. The Morgan fingerprint density at radius 1 is 1.26 bits per heavy atom. The molecule has 1 aliphatic carbocycles. The van der Waals surface area contributed by atoms with Gasteiger partial charge in [0.05, 0.1) is 6.10 Å². The van der Waals surface area contributed by atoms with Crippen molar-refractivity contribution in [2.45, 2.75) is 32.3 Å². The molecule has 5 heteroatoms. The summed E-state index contributed by atoms with van der Waals surface area (Å²) in [5.41, 5.74) is 7.89. The second kappa shape index (κ2) is 6.28. The standard InChI is InChI=1S/C18H19FN2O2/c1-11-5-6-12(20)9-15(11)18(22)21-13-7-8-17(16(19)10-13)23-14-3-2-4-14/h5-10,14H,2-4,20H2,1H3,(H,21,22). The van der Waals surface area contributed by atoms with E-state index in [1.54, 1.807) is 30.3 Å². The summed E-state index contributed by atoms with van der Waals surface area (Å²) in [6.07, 6.45) is 3.17. The summed E-state index contributed by atoms with van der Waals surface area (Å²) in [5.74, 6) is -0.561. The van der Waals surface area contributed by atoms with Crippen LogP contribution in [0.15, 0.2) is 36.4 Å². The second-order valence-electron chi connectivity index (χ2n) is 5.84. The quantitative estimate of drug-likeness (QED) is 0.841. The molecule has 1 saturated carbocycles. The first kappa shape index (κ1) is 15.3. The minimum Gasteiger partial charge on any atom is -0.487 e. The van der Waals surface area contributed by atoms with Gasteiger partial charge in [-0.3, -0.25) is 4.79 Å². The van der Waals surface area contributed by atoms with Crippen molar-refractivity contribution in [3.8, 4) is 5.75 Å². The van der Waals surface area contributed by atoms with Gasteiger partial charge in [-0.2, -0.15) is 0 Å². The van der Waals surface area contributed by atoms with Crippen LogP contribution in [-0.2, 0) is 0 Å². The first-order valence-electron chi connectivity index (χ1n) is 7.66. The van der Waals surface area contributed by atoms with Gasteiger partial charge in [0.2, 0.25) is 0 Å². The molecule has 1 aliphatic rings. The van der Waals surface area contributed by atoms with Crippen molar-refractivity contribution in [3.63, 3.8) is 0 Å². The number of nitrogen functional groups attached to an aromatic ring is 1. The van der Waals surface area contributed by atoms with Crippen LogP contribution in [0, 0.1) is 12.7 Å². The Balaban J connectivity index is 1.73. The van der Waals surface area contributed by atoms with Gasteiger partial charge >= 0.3 is 0 Å². The highest BCUT2D eigenvalue weighted by atomic mass is 19.1. The molecule has 0 aliphatic heterocycles. The Morgan fingerprint density at radius 2 is 2.04 bits per heavy atom. The molecule has 120 valence electrons. The van der Waals surface area contributed by atoms with Crippen LogP contribution < -0.4 is 15.8 Å². The predicted octanol–water partition coefficient (Wildman–Crippen LogP) is 3.90. The molecule has 0 aromatic heterocycles. The van der Waals surface area contributed by atoms with Crippen molar-refractivity contribution in [1.29, 1.82) is 0 Å². The molecular weight excluding hydrogens is 295 g/mol. The summed E-state index contributed by atoms with van der Waals surface area (Å²) in [7, 11) is 0. The highest BCUT2D eigenvalue weighted by molar-refractivity contribution is 6.05. The van der Waals surface area contributed by atoms with Crippen LogP contribution in [0.1, 0.15) is 35.2 Å². The molecule has 0 unspecified atom stereocenters. The number of rotatable bonds is 4. The highest BCUT2D eigenvalue weighted by Gasteiger charge is 2.20. The number of carbonyl (C=O) groups is 1. The minimum atomic E-state index is -0.473. The molecule has 3 N–H and O–H groups in total. The van der Waals surface area contributed by atoms with Crippen molar-refractivity contribution in [2.24, 2.45) is 0 Å². The monoisotopic (exact) mass is 314 g/mol. The molecule has 1 fully saturated rings. The van der Waals surface area contributed by atoms with E-state index in [1.165, 1.54) is 6.07 Å². The molecule has 0 bridgehead atoms. The fraction of sp³-hybridized carbons (Fsp3) is 0.278. The number of aryl methyl sites for hydroxylation is 1. The van der Waals surface area contributed by atoms with E-state index in [1.807, 2.05) is 6.92 Å². The molecule has 0 saturated heterocycles. The number of nitrogens with one attached hydrogen (secondary N) is 1. The third-order valence-corrected chi connectivity index (χ3v) is 4.04. The number of ether oxygens (including phenoxy) is 1. The maximum atomic E-state index is 14.1. The summed E-state index contributed by atoms with van der Waals surface area (Å²) >= 11 is 0. The number of anilines is 2. The first-order chi connectivity index (χ1) is 11.0. The number of amides is 1. The van der Waals surface area contributed by atoms with Crippen LogP contribution >= 0.6 is 0 Å². The molecule has 0 spiro atoms. The van der Waals surface area contributed by atoms with E-state index in [0.717, 1.165) is 24.8 Å². The average molecular weight is 314 g/mol. The second-order valence-corrected chi connectivity index (χ2v) is 5.84. The number of hydrogen-bond donors (Lipinski definition) is 2. The van der Waals surface area contributed by atoms with Gasteiger partial charge in [-0.1, -0.05) is 6.07 Å². The van der Waals surface area contributed by atoms with Crippen LogP contribution in [-0.4, -0.2) is 12.0 Å². The van der Waals surface area contributed by atoms with E-state index < -0.39 is 5.82 Å². The third kappa shape index (κ3) is 3.44. The topological polar surface area (TPSA) is 64.4 Å². The number of carbonyl (C=O) groups excluding carboxylic acids is 1. The van der Waals surface area contributed by atoms with Crippen LogP contribution in [0.3, 0.4) is 0 Å². The number of hydrogen-bond acceptors (Lipinski definition) is 3. The number of halogens is 1. The van der Waals surface area contributed by atoms with Gasteiger partial charge in [0.15, 0.2) is 11.6 Å². The molecule has 23 heavy (non-hydrogen) atoms. The summed E-state index contributed by atoms with van der Waals surface area (Å²) in [4.78, 5) is 12.3. The number of nitrogens with two attached hydrogens (primary N) is 1. The lowest BCUT2D eigenvalue weighted by molar-refractivity contribution is 0.102. The van der Waals surface area contributed by atoms with Crippen molar-refractivity contribution < 1.29 is 13.9 Å². The zero-order chi connectivity index (χ0) is 16.4. The van der Waals surface area contributed by atoms with Gasteiger partial charge in [-0.25, -0.2) is 4.39 Å². The van der Waals surface area contributed by atoms with Gasteiger partial charge in [0, 0.05) is 23.0 Å². The Morgan fingerprint density at radius 3 is 2.70 bits per heavy atom. The van der Waals surface area contributed by atoms with E-state index in [9.17, 15) is 9.18 Å². The summed E-state index contributed by atoms with van der Waals surface area (Å²) in [6.45, 7) is 1.82. The molecule has 0 heterocycles. The van der Waals surface area contributed by atoms with Crippen LogP contribution in [0.4, 0.5) is 15.8 Å². The fourth-order valence-corrected chi connectivity index (χ4v) is 2.43. The summed E-state index contributed by atoms with van der Waals surface area (Å²) in [5, 5.41) is 2.69. The largest absolute Gasteiger partial charge is 0.487 e. The zero-order valence-corrected chi connectivity index (χ0v) is 12.9. The summed E-state index contributed by atoms with van der Waals surface area (Å²) < 4.78 is 19.6. The van der Waals surface area contributed by atoms with Crippen molar-refractivity contribution in [1.82, 2.24) is 0 Å². The molecule has 0 radical (unpaired) electrons. The lowest BCUT2D eigenvalue weighted by Gasteiger charge is -2.26. The molecule has 2 aromatic carbocycles. The van der Waals surface area contributed by atoms with Gasteiger partial charge in [0.25, 0.3) is 5.91 Å². The zero-order valence-electron chi connectivity index (χ0n) is 12.9. The van der Waals surface area contributed by atoms with Gasteiger partial charge < -0.3 is 15.8 Å². The van der Waals surface area contributed by atoms with Crippen molar-refractivity contribution in [3.05, 3.63) is 53.3 Å². The van der Waals surface area contributed by atoms with Crippen LogP contribution in [0.2, 0.25) is 0 Å². The number of benzene rings is 2. The van der Waals surface area contributed by atoms with Crippen molar-refractivity contribution in [2.75, 3.05) is 11.1 Å². The van der Waals surface area contributed by atoms with E-state index >= 15 is 0 Å². The van der Waals surface area contributed by atoms with Crippen molar-refractivity contribution >= 4 is 17.3 Å². The smallest absolute Gasteiger partial charge is 0.256 e. The van der Waals surface area contributed by atoms with Gasteiger partial charge in [-0.05, 0) is 56.0 Å². The Labute approximate surface area is 134 Å². The fourth-order valence-electron chi connectivity index (χ4n) is 2.43. The molecule has 3 rings (SSSR count). The highest BCUT2D eigenvalue weighted by Crippen LogP contribution is 2.28. The SMILES string of the molecule is Cc1ccc(N)cc1C(=O)Nc1ccc(OC2CCC2)c(F)c1. The van der Waals surface area contributed by atoms with Gasteiger partial charge in [0.1, 0.15) is 0 Å². The molecule has 1 amide bonds. The maximum Gasteiger partial charge on any atom is 0.256 e. The lowest BCUT2D eigenvalue weighted by Crippen LogP contribution is -2.25. The Hall–Kier alpha value is -2.56. The van der Waals surface area contributed by atoms with Gasteiger partial charge in [-0.15, -0.1) is 0 Å². The minimum absolute atomic E-state index is 0.111. The molecular formula is C18H19FN2O2. The Bertz CT molecular complexity index is 742. The van der Waals surface area contributed by atoms with Crippen LogP contribution in [0.25, 0.3) is 0 Å².